The molecule has 17 heavy (non-hydrogen) atoms. The van der Waals surface area contributed by atoms with Gasteiger partial charge in [-0.25, -0.2) is 17.8 Å². The van der Waals surface area contributed by atoms with Crippen molar-refractivity contribution in [3.8, 4) is 0 Å². The molecule has 6 nitrogen and oxygen atoms in total. The SMILES string of the molecule is CSC(C)CCNS(=O)(=O)c1c(Br)nnn1C. The number of nitrogens with one attached hydrogen (secondary N) is 1. The Balaban J connectivity index is 2.70. The lowest BCUT2D eigenvalue weighted by molar-refractivity contribution is 0.558. The molecule has 0 aliphatic carbocycles. The monoisotopic (exact) mass is 342 g/mol. The Bertz CT molecular complexity index is 454. The number of halogens is 1. The first kappa shape index (κ1) is 14.9. The predicted octanol–water partition coefficient (Wildman–Crippen LogP) is 0.998. The normalized spacial score (nSPS) is 13.9. The van der Waals surface area contributed by atoms with Gasteiger partial charge in [0.25, 0.3) is 10.0 Å². The predicted molar refractivity (Wildman–Crippen MR) is 71.5 cm³/mol. The number of sulfonamides is 1. The van der Waals surface area contributed by atoms with Crippen molar-refractivity contribution < 1.29 is 8.42 Å². The first-order chi connectivity index (χ1) is 7.88. The molecule has 1 atom stereocenters. The Morgan fingerprint density at radius 1 is 1.59 bits per heavy atom. The minimum atomic E-state index is -3.55. The van der Waals surface area contributed by atoms with Crippen LogP contribution in [0, 0.1) is 0 Å². The topological polar surface area (TPSA) is 76.9 Å². The Morgan fingerprint density at radius 2 is 2.24 bits per heavy atom. The summed E-state index contributed by atoms with van der Waals surface area (Å²) in [6, 6.07) is 0. The lowest BCUT2D eigenvalue weighted by atomic mass is 10.3. The average Bonchev–Trinajstić information content (AvgIpc) is 2.58. The van der Waals surface area contributed by atoms with E-state index in [9.17, 15) is 8.42 Å². The van der Waals surface area contributed by atoms with Crippen LogP contribution in [0.3, 0.4) is 0 Å². The van der Waals surface area contributed by atoms with Gasteiger partial charge in [0.05, 0.1) is 0 Å². The van der Waals surface area contributed by atoms with Gasteiger partial charge in [-0.15, -0.1) is 5.10 Å². The Kier molecular flexibility index (Phi) is 5.42. The minimum Gasteiger partial charge on any atom is -0.235 e. The van der Waals surface area contributed by atoms with E-state index in [1.54, 1.807) is 11.8 Å². The summed E-state index contributed by atoms with van der Waals surface area (Å²) in [5.74, 6) is 0. The van der Waals surface area contributed by atoms with Gasteiger partial charge >= 0.3 is 0 Å². The van der Waals surface area contributed by atoms with Crippen LogP contribution in [0.5, 0.6) is 0 Å². The highest BCUT2D eigenvalue weighted by molar-refractivity contribution is 9.10. The van der Waals surface area contributed by atoms with E-state index in [4.69, 9.17) is 0 Å². The first-order valence-electron chi connectivity index (χ1n) is 4.96. The van der Waals surface area contributed by atoms with Crippen molar-refractivity contribution in [1.29, 1.82) is 0 Å². The molecular formula is C8H15BrN4O2S2. The highest BCUT2D eigenvalue weighted by atomic mass is 79.9. The molecule has 1 aromatic rings. The molecule has 1 N–H and O–H groups in total. The summed E-state index contributed by atoms with van der Waals surface area (Å²) < 4.78 is 27.9. The molecule has 0 saturated heterocycles. The quantitative estimate of drug-likeness (QED) is 0.834. The van der Waals surface area contributed by atoms with Gasteiger partial charge in [0, 0.05) is 18.8 Å². The number of aromatic nitrogens is 3. The fourth-order valence-electron chi connectivity index (χ4n) is 1.19. The van der Waals surface area contributed by atoms with Crippen LogP contribution in [-0.2, 0) is 17.1 Å². The lowest BCUT2D eigenvalue weighted by Crippen LogP contribution is -2.28. The van der Waals surface area contributed by atoms with E-state index >= 15 is 0 Å². The van der Waals surface area contributed by atoms with Crippen molar-refractivity contribution in [3.63, 3.8) is 0 Å². The van der Waals surface area contributed by atoms with Crippen molar-refractivity contribution in [2.45, 2.75) is 23.6 Å². The number of rotatable bonds is 6. The van der Waals surface area contributed by atoms with Crippen molar-refractivity contribution in [2.24, 2.45) is 7.05 Å². The van der Waals surface area contributed by atoms with E-state index < -0.39 is 10.0 Å². The molecule has 0 amide bonds. The summed E-state index contributed by atoms with van der Waals surface area (Å²) >= 11 is 4.77. The molecule has 0 radical (unpaired) electrons. The van der Waals surface area contributed by atoms with Crippen LogP contribution >= 0.6 is 27.7 Å². The number of hydrogen-bond donors (Lipinski definition) is 1. The van der Waals surface area contributed by atoms with Gasteiger partial charge in [-0.1, -0.05) is 12.1 Å². The average molecular weight is 343 g/mol. The van der Waals surface area contributed by atoms with Gasteiger partial charge in [0.15, 0.2) is 4.60 Å². The first-order valence-corrected chi connectivity index (χ1v) is 8.52. The van der Waals surface area contributed by atoms with Gasteiger partial charge < -0.3 is 0 Å². The zero-order valence-electron chi connectivity index (χ0n) is 9.84. The second-order valence-electron chi connectivity index (χ2n) is 3.54. The third-order valence-electron chi connectivity index (χ3n) is 2.24. The molecule has 0 bridgehead atoms. The van der Waals surface area contributed by atoms with E-state index in [0.717, 1.165) is 6.42 Å². The van der Waals surface area contributed by atoms with Crippen LogP contribution in [0.25, 0.3) is 0 Å². The maximum atomic E-state index is 12.0. The summed E-state index contributed by atoms with van der Waals surface area (Å²) in [6.45, 7) is 2.46. The molecule has 0 saturated carbocycles. The molecule has 0 aromatic carbocycles. The van der Waals surface area contributed by atoms with Crippen molar-refractivity contribution in [2.75, 3.05) is 12.8 Å². The summed E-state index contributed by atoms with van der Waals surface area (Å²) in [7, 11) is -2.01. The lowest BCUT2D eigenvalue weighted by Gasteiger charge is -2.09. The third-order valence-corrected chi connectivity index (χ3v) is 5.62. The summed E-state index contributed by atoms with van der Waals surface area (Å²) in [6.07, 6.45) is 2.78. The van der Waals surface area contributed by atoms with E-state index in [0.29, 0.717) is 11.8 Å². The highest BCUT2D eigenvalue weighted by Gasteiger charge is 2.23. The van der Waals surface area contributed by atoms with Crippen molar-refractivity contribution in [1.82, 2.24) is 19.7 Å². The van der Waals surface area contributed by atoms with Crippen LogP contribution in [-0.4, -0.2) is 41.5 Å². The largest absolute Gasteiger partial charge is 0.260 e. The van der Waals surface area contributed by atoms with Crippen LogP contribution in [0.15, 0.2) is 9.63 Å². The highest BCUT2D eigenvalue weighted by Crippen LogP contribution is 2.17. The molecular weight excluding hydrogens is 328 g/mol. The van der Waals surface area contributed by atoms with Crippen LogP contribution in [0.1, 0.15) is 13.3 Å². The number of aryl methyl sites for hydroxylation is 1. The number of thioether (sulfide) groups is 1. The molecule has 1 unspecified atom stereocenters. The van der Waals surface area contributed by atoms with E-state index in [2.05, 4.69) is 37.9 Å². The second kappa shape index (κ2) is 6.17. The van der Waals surface area contributed by atoms with Crippen LogP contribution in [0.4, 0.5) is 0 Å². The molecule has 0 aliphatic heterocycles. The number of nitrogens with zero attached hydrogens (tertiary/aromatic N) is 3. The summed E-state index contributed by atoms with van der Waals surface area (Å²) in [5, 5.41) is 7.76. The molecule has 0 aliphatic rings. The Morgan fingerprint density at radius 3 is 2.71 bits per heavy atom. The zero-order valence-corrected chi connectivity index (χ0v) is 13.1. The fraction of sp³-hybridized carbons (Fsp3) is 0.750. The molecule has 1 heterocycles. The Labute approximate surface area is 114 Å². The van der Waals surface area contributed by atoms with Gasteiger partial charge in [-0.2, -0.15) is 11.8 Å². The van der Waals surface area contributed by atoms with Crippen molar-refractivity contribution >= 4 is 37.7 Å². The molecule has 0 spiro atoms. The fourth-order valence-corrected chi connectivity index (χ4v) is 3.68. The van der Waals surface area contributed by atoms with Gasteiger partial charge in [0.2, 0.25) is 5.03 Å². The Hall–Kier alpha value is -0.120. The summed E-state index contributed by atoms with van der Waals surface area (Å²) in [4.78, 5) is 0. The van der Waals surface area contributed by atoms with Gasteiger partial charge in [-0.3, -0.25) is 0 Å². The van der Waals surface area contributed by atoms with E-state index in [-0.39, 0.29) is 9.63 Å². The molecule has 9 heteroatoms. The maximum Gasteiger partial charge on any atom is 0.260 e. The smallest absolute Gasteiger partial charge is 0.235 e. The standard InChI is InChI=1S/C8H15BrN4O2S2/c1-6(16-3)4-5-10-17(14,15)8-7(9)11-12-13(8)2/h6,10H,4-5H2,1-3H3. The zero-order chi connectivity index (χ0) is 13.1. The maximum absolute atomic E-state index is 12.0. The molecule has 98 valence electrons. The molecule has 0 fully saturated rings. The number of hydrogen-bond acceptors (Lipinski definition) is 5. The minimum absolute atomic E-state index is 0.0503. The van der Waals surface area contributed by atoms with E-state index in [1.807, 2.05) is 6.26 Å². The molecule has 1 aromatic heterocycles. The van der Waals surface area contributed by atoms with Crippen LogP contribution in [0.2, 0.25) is 0 Å². The summed E-state index contributed by atoms with van der Waals surface area (Å²) in [5.41, 5.74) is 0. The third kappa shape index (κ3) is 3.94. The van der Waals surface area contributed by atoms with E-state index in [1.165, 1.54) is 11.7 Å². The van der Waals surface area contributed by atoms with Crippen molar-refractivity contribution in [3.05, 3.63) is 4.60 Å². The van der Waals surface area contributed by atoms with Crippen LogP contribution < -0.4 is 4.72 Å². The second-order valence-corrected chi connectivity index (χ2v) is 7.25. The van der Waals surface area contributed by atoms with Gasteiger partial charge in [-0.05, 0) is 28.6 Å². The molecule has 1 rings (SSSR count). The van der Waals surface area contributed by atoms with Gasteiger partial charge in [0.1, 0.15) is 0 Å².